The standard InChI is InChI=1S/C19H21FN2O4/c1-4-25-17-8-6-14(9-18(17)24-3)11-21-26-12-19(23)22-15-7-5-13(2)16(20)10-15/h5-11H,4,12H2,1-3H3,(H,22,23)/b21-11+. The molecule has 7 heteroatoms. The van der Waals surface area contributed by atoms with E-state index in [4.69, 9.17) is 14.3 Å². The highest BCUT2D eigenvalue weighted by Gasteiger charge is 2.06. The van der Waals surface area contributed by atoms with Crippen molar-refractivity contribution < 1.29 is 23.5 Å². The smallest absolute Gasteiger partial charge is 0.265 e. The van der Waals surface area contributed by atoms with E-state index in [1.54, 1.807) is 44.4 Å². The molecule has 6 nitrogen and oxygen atoms in total. The number of carbonyl (C=O) groups is 1. The third-order valence-corrected chi connectivity index (χ3v) is 3.42. The molecule has 0 unspecified atom stereocenters. The van der Waals surface area contributed by atoms with Gasteiger partial charge in [0.1, 0.15) is 5.82 Å². The molecule has 0 aliphatic heterocycles. The minimum atomic E-state index is -0.435. The van der Waals surface area contributed by atoms with Gasteiger partial charge in [0.2, 0.25) is 0 Å². The van der Waals surface area contributed by atoms with Crippen molar-refractivity contribution in [2.75, 3.05) is 25.6 Å². The van der Waals surface area contributed by atoms with Crippen LogP contribution in [0.5, 0.6) is 11.5 Å². The Morgan fingerprint density at radius 2 is 2.04 bits per heavy atom. The fourth-order valence-electron chi connectivity index (χ4n) is 2.10. The summed E-state index contributed by atoms with van der Waals surface area (Å²) in [4.78, 5) is 16.7. The fourth-order valence-corrected chi connectivity index (χ4v) is 2.10. The first-order valence-electron chi connectivity index (χ1n) is 8.05. The number of carbonyl (C=O) groups excluding carboxylic acids is 1. The van der Waals surface area contributed by atoms with Gasteiger partial charge in [-0.1, -0.05) is 11.2 Å². The number of rotatable bonds is 8. The number of hydrogen-bond donors (Lipinski definition) is 1. The van der Waals surface area contributed by atoms with Gasteiger partial charge in [0.25, 0.3) is 5.91 Å². The van der Waals surface area contributed by atoms with Crippen molar-refractivity contribution in [2.45, 2.75) is 13.8 Å². The highest BCUT2D eigenvalue weighted by molar-refractivity contribution is 5.91. The number of hydrogen-bond acceptors (Lipinski definition) is 5. The highest BCUT2D eigenvalue weighted by Crippen LogP contribution is 2.27. The molecule has 0 saturated heterocycles. The average molecular weight is 360 g/mol. The lowest BCUT2D eigenvalue weighted by Crippen LogP contribution is -2.17. The molecule has 2 aromatic carbocycles. The number of ether oxygens (including phenoxy) is 2. The van der Waals surface area contributed by atoms with E-state index >= 15 is 0 Å². The number of anilines is 1. The van der Waals surface area contributed by atoms with Crippen LogP contribution in [0, 0.1) is 12.7 Å². The van der Waals surface area contributed by atoms with Crippen LogP contribution < -0.4 is 14.8 Å². The van der Waals surface area contributed by atoms with Gasteiger partial charge >= 0.3 is 0 Å². The van der Waals surface area contributed by atoms with Crippen LogP contribution in [0.3, 0.4) is 0 Å². The predicted molar refractivity (Wildman–Crippen MR) is 97.5 cm³/mol. The Morgan fingerprint density at radius 1 is 1.23 bits per heavy atom. The molecule has 0 fully saturated rings. The average Bonchev–Trinajstić information content (AvgIpc) is 2.63. The van der Waals surface area contributed by atoms with Crippen LogP contribution in [0.1, 0.15) is 18.1 Å². The van der Waals surface area contributed by atoms with Crippen molar-refractivity contribution in [3.63, 3.8) is 0 Å². The number of halogens is 1. The maximum absolute atomic E-state index is 13.4. The Bertz CT molecular complexity index is 793. The maximum atomic E-state index is 13.4. The minimum absolute atomic E-state index is 0.292. The van der Waals surface area contributed by atoms with Crippen molar-refractivity contribution in [1.82, 2.24) is 0 Å². The first kappa shape index (κ1) is 19.2. The number of nitrogens with one attached hydrogen (secondary N) is 1. The molecule has 1 amide bonds. The van der Waals surface area contributed by atoms with Crippen molar-refractivity contribution >= 4 is 17.8 Å². The summed E-state index contributed by atoms with van der Waals surface area (Å²) in [5.41, 5.74) is 1.60. The van der Waals surface area contributed by atoms with Gasteiger partial charge in [0.15, 0.2) is 18.1 Å². The van der Waals surface area contributed by atoms with Gasteiger partial charge in [-0.2, -0.15) is 0 Å². The Morgan fingerprint density at radius 3 is 2.73 bits per heavy atom. The molecule has 0 spiro atoms. The van der Waals surface area contributed by atoms with Gasteiger partial charge in [-0.05, 0) is 49.7 Å². The van der Waals surface area contributed by atoms with E-state index in [-0.39, 0.29) is 12.4 Å². The zero-order valence-corrected chi connectivity index (χ0v) is 14.9. The Hall–Kier alpha value is -3.09. The van der Waals surface area contributed by atoms with E-state index in [0.717, 1.165) is 5.56 Å². The second-order valence-corrected chi connectivity index (χ2v) is 5.36. The summed E-state index contributed by atoms with van der Waals surface area (Å²) in [6.45, 7) is 3.78. The predicted octanol–water partition coefficient (Wildman–Crippen LogP) is 3.53. The maximum Gasteiger partial charge on any atom is 0.265 e. The van der Waals surface area contributed by atoms with Crippen LogP contribution in [-0.2, 0) is 9.63 Å². The Kier molecular flexibility index (Phi) is 6.96. The normalized spacial score (nSPS) is 10.6. The summed E-state index contributed by atoms with van der Waals surface area (Å²) in [6, 6.07) is 9.75. The van der Waals surface area contributed by atoms with Crippen molar-refractivity contribution in [1.29, 1.82) is 0 Å². The summed E-state index contributed by atoms with van der Waals surface area (Å²) in [6.07, 6.45) is 1.46. The second-order valence-electron chi connectivity index (χ2n) is 5.36. The zero-order chi connectivity index (χ0) is 18.9. The molecular formula is C19H21FN2O4. The monoisotopic (exact) mass is 360 g/mol. The van der Waals surface area contributed by atoms with E-state index in [1.807, 2.05) is 6.92 Å². The van der Waals surface area contributed by atoms with Crippen LogP contribution in [0.4, 0.5) is 10.1 Å². The quantitative estimate of drug-likeness (QED) is 0.578. The Labute approximate surface area is 151 Å². The first-order valence-corrected chi connectivity index (χ1v) is 8.05. The van der Waals surface area contributed by atoms with Crippen molar-refractivity contribution in [3.05, 3.63) is 53.3 Å². The molecule has 0 atom stereocenters. The summed E-state index contributed by atoms with van der Waals surface area (Å²) in [7, 11) is 1.55. The van der Waals surface area contributed by atoms with Gasteiger partial charge in [0, 0.05) is 11.3 Å². The molecule has 1 N–H and O–H groups in total. The highest BCUT2D eigenvalue weighted by atomic mass is 19.1. The molecule has 138 valence electrons. The largest absolute Gasteiger partial charge is 0.493 e. The van der Waals surface area contributed by atoms with Crippen LogP contribution >= 0.6 is 0 Å². The topological polar surface area (TPSA) is 69.2 Å². The molecule has 0 bridgehead atoms. The number of oxime groups is 1. The van der Waals surface area contributed by atoms with Crippen LogP contribution in [0.25, 0.3) is 0 Å². The number of methoxy groups -OCH3 is 1. The summed E-state index contributed by atoms with van der Waals surface area (Å²) in [5.74, 6) is 0.397. The summed E-state index contributed by atoms with van der Waals surface area (Å²) >= 11 is 0. The molecule has 2 rings (SSSR count). The lowest BCUT2D eigenvalue weighted by Gasteiger charge is -2.09. The van der Waals surface area contributed by atoms with Gasteiger partial charge in [0.05, 0.1) is 19.9 Å². The first-order chi connectivity index (χ1) is 12.5. The van der Waals surface area contributed by atoms with E-state index < -0.39 is 5.91 Å². The lowest BCUT2D eigenvalue weighted by molar-refractivity contribution is -0.120. The van der Waals surface area contributed by atoms with Crippen molar-refractivity contribution in [2.24, 2.45) is 5.16 Å². The summed E-state index contributed by atoms with van der Waals surface area (Å²) < 4.78 is 24.1. The third kappa shape index (κ3) is 5.47. The lowest BCUT2D eigenvalue weighted by atomic mass is 10.2. The van der Waals surface area contributed by atoms with E-state index in [2.05, 4.69) is 10.5 Å². The molecule has 0 radical (unpaired) electrons. The SMILES string of the molecule is CCOc1ccc(/C=N/OCC(=O)Nc2ccc(C)c(F)c2)cc1OC. The number of amides is 1. The van der Waals surface area contributed by atoms with Crippen molar-refractivity contribution in [3.8, 4) is 11.5 Å². The molecular weight excluding hydrogens is 339 g/mol. The van der Waals surface area contributed by atoms with Gasteiger partial charge in [-0.25, -0.2) is 4.39 Å². The molecule has 26 heavy (non-hydrogen) atoms. The summed E-state index contributed by atoms with van der Waals surface area (Å²) in [5, 5.41) is 6.28. The van der Waals surface area contributed by atoms with Crippen LogP contribution in [-0.4, -0.2) is 32.4 Å². The van der Waals surface area contributed by atoms with E-state index in [9.17, 15) is 9.18 Å². The van der Waals surface area contributed by atoms with E-state index in [0.29, 0.717) is 29.4 Å². The van der Waals surface area contributed by atoms with Crippen LogP contribution in [0.15, 0.2) is 41.6 Å². The molecule has 2 aromatic rings. The zero-order valence-electron chi connectivity index (χ0n) is 14.9. The number of aryl methyl sites for hydroxylation is 1. The molecule has 0 aliphatic rings. The molecule has 0 aromatic heterocycles. The molecule has 0 aliphatic carbocycles. The number of nitrogens with zero attached hydrogens (tertiary/aromatic N) is 1. The fraction of sp³-hybridized carbons (Fsp3) is 0.263. The molecule has 0 heterocycles. The number of benzene rings is 2. The second kappa shape index (κ2) is 9.41. The van der Waals surface area contributed by atoms with Gasteiger partial charge < -0.3 is 19.6 Å². The molecule has 0 saturated carbocycles. The van der Waals surface area contributed by atoms with E-state index in [1.165, 1.54) is 12.3 Å². The van der Waals surface area contributed by atoms with Gasteiger partial charge in [-0.15, -0.1) is 0 Å². The Balaban J connectivity index is 1.86. The third-order valence-electron chi connectivity index (χ3n) is 3.42. The van der Waals surface area contributed by atoms with Gasteiger partial charge in [-0.3, -0.25) is 4.79 Å². The van der Waals surface area contributed by atoms with Crippen LogP contribution in [0.2, 0.25) is 0 Å². The minimum Gasteiger partial charge on any atom is -0.493 e.